The summed E-state index contributed by atoms with van der Waals surface area (Å²) in [5.41, 5.74) is 2.71. The van der Waals surface area contributed by atoms with Crippen LogP contribution in [0, 0.1) is 11.3 Å². The highest BCUT2D eigenvalue weighted by molar-refractivity contribution is 7.99. The Hall–Kier alpha value is -2.83. The molecule has 2 aromatic heterocycles. The van der Waals surface area contributed by atoms with Crippen molar-refractivity contribution >= 4 is 34.0 Å². The number of hydrogen-bond donors (Lipinski definition) is 1. The van der Waals surface area contributed by atoms with Crippen molar-refractivity contribution in [2.75, 3.05) is 17.7 Å². The van der Waals surface area contributed by atoms with Gasteiger partial charge in [0.1, 0.15) is 16.8 Å². The summed E-state index contributed by atoms with van der Waals surface area (Å²) in [6.45, 7) is 2.57. The van der Waals surface area contributed by atoms with Crippen molar-refractivity contribution in [3.05, 3.63) is 40.3 Å². The Morgan fingerprint density at radius 2 is 1.97 bits per heavy atom. The fourth-order valence-electron chi connectivity index (χ4n) is 3.98. The maximum absolute atomic E-state index is 12.7. The van der Waals surface area contributed by atoms with E-state index in [1.807, 2.05) is 42.8 Å². The van der Waals surface area contributed by atoms with Gasteiger partial charge < -0.3 is 14.6 Å². The molecule has 1 amide bonds. The first-order chi connectivity index (χ1) is 16.1. The van der Waals surface area contributed by atoms with E-state index in [9.17, 15) is 10.1 Å². The fraction of sp³-hybridized carbons (Fsp3) is 0.417. The number of nitrogens with zero attached hydrogens (tertiary/aromatic N) is 4. The van der Waals surface area contributed by atoms with E-state index < -0.39 is 0 Å². The number of aryl methyl sites for hydroxylation is 1. The molecule has 0 bridgehead atoms. The molecule has 0 unspecified atom stereocenters. The van der Waals surface area contributed by atoms with Crippen LogP contribution in [0.15, 0.2) is 29.4 Å². The van der Waals surface area contributed by atoms with E-state index in [1.165, 1.54) is 29.5 Å². The summed E-state index contributed by atoms with van der Waals surface area (Å²) in [5.74, 6) is 1.60. The molecule has 4 rings (SSSR count). The summed E-state index contributed by atoms with van der Waals surface area (Å²) in [6.07, 6.45) is 6.59. The minimum Gasteiger partial charge on any atom is -0.494 e. The molecule has 1 aromatic carbocycles. The average molecular weight is 482 g/mol. The number of anilines is 1. The smallest absolute Gasteiger partial charge is 0.235 e. The summed E-state index contributed by atoms with van der Waals surface area (Å²) in [4.78, 5) is 13.9. The van der Waals surface area contributed by atoms with Gasteiger partial charge in [-0.1, -0.05) is 24.6 Å². The third-order valence-electron chi connectivity index (χ3n) is 5.63. The van der Waals surface area contributed by atoms with E-state index in [0.717, 1.165) is 48.4 Å². The van der Waals surface area contributed by atoms with Crippen molar-refractivity contribution < 1.29 is 9.53 Å². The first-order valence-electron chi connectivity index (χ1n) is 11.2. The second-order valence-electron chi connectivity index (χ2n) is 7.89. The molecule has 0 spiro atoms. The minimum atomic E-state index is -0.142. The van der Waals surface area contributed by atoms with Crippen LogP contribution < -0.4 is 10.1 Å². The van der Waals surface area contributed by atoms with Crippen LogP contribution in [0.2, 0.25) is 0 Å². The lowest BCUT2D eigenvalue weighted by molar-refractivity contribution is -0.113. The number of fused-ring (bicyclic) bond motifs is 1. The third-order valence-corrected chi connectivity index (χ3v) is 7.85. The number of nitrogens with one attached hydrogen (secondary N) is 1. The molecule has 0 atom stereocenters. The number of carbonyl (C=O) groups excluding carboxylic acids is 1. The summed E-state index contributed by atoms with van der Waals surface area (Å²) >= 11 is 2.89. The second kappa shape index (κ2) is 10.9. The van der Waals surface area contributed by atoms with E-state index in [1.54, 1.807) is 11.3 Å². The van der Waals surface area contributed by atoms with Crippen LogP contribution >= 0.6 is 23.1 Å². The van der Waals surface area contributed by atoms with Crippen LogP contribution in [0.5, 0.6) is 5.75 Å². The molecule has 0 fully saturated rings. The van der Waals surface area contributed by atoms with Gasteiger partial charge in [0.2, 0.25) is 5.91 Å². The van der Waals surface area contributed by atoms with Gasteiger partial charge in [0.05, 0.1) is 17.9 Å². The molecule has 0 saturated carbocycles. The molecule has 7 nitrogen and oxygen atoms in total. The topological polar surface area (TPSA) is 92.8 Å². The standard InChI is InChI=1S/C24H27N5O2S2/c1-3-31-17-12-10-16(11-13-17)22-27-28-24(29(22)2)32-15-21(30)26-23-19(14-25)18-8-6-4-5-7-9-20(18)33-23/h10-13H,3-9,15H2,1-2H3,(H,26,30). The predicted molar refractivity (Wildman–Crippen MR) is 132 cm³/mol. The highest BCUT2D eigenvalue weighted by Gasteiger charge is 2.21. The van der Waals surface area contributed by atoms with E-state index >= 15 is 0 Å². The first kappa shape index (κ1) is 23.3. The molecule has 2 heterocycles. The Labute approximate surface area is 202 Å². The zero-order valence-electron chi connectivity index (χ0n) is 18.9. The SMILES string of the molecule is CCOc1ccc(-c2nnc(SCC(=O)Nc3sc4c(c3C#N)CCCCCC4)n2C)cc1. The number of thioether (sulfide) groups is 1. The Bertz CT molecular complexity index is 1160. The van der Waals surface area contributed by atoms with Crippen molar-refractivity contribution in [3.63, 3.8) is 0 Å². The number of aromatic nitrogens is 3. The van der Waals surface area contributed by atoms with Gasteiger partial charge in [0.15, 0.2) is 11.0 Å². The van der Waals surface area contributed by atoms with Crippen molar-refractivity contribution in [3.8, 4) is 23.2 Å². The maximum atomic E-state index is 12.7. The number of rotatable bonds is 7. The zero-order chi connectivity index (χ0) is 23.2. The largest absolute Gasteiger partial charge is 0.494 e. The summed E-state index contributed by atoms with van der Waals surface area (Å²) in [5, 5.41) is 22.6. The quantitative estimate of drug-likeness (QED) is 0.466. The lowest BCUT2D eigenvalue weighted by Gasteiger charge is -2.08. The Balaban J connectivity index is 1.41. The van der Waals surface area contributed by atoms with Gasteiger partial charge in [-0.05, 0) is 62.4 Å². The van der Waals surface area contributed by atoms with Gasteiger partial charge in [0.25, 0.3) is 0 Å². The first-order valence-corrected chi connectivity index (χ1v) is 13.0. The molecule has 172 valence electrons. The van der Waals surface area contributed by atoms with Crippen LogP contribution in [0.3, 0.4) is 0 Å². The van der Waals surface area contributed by atoms with Gasteiger partial charge in [0, 0.05) is 17.5 Å². The molecular weight excluding hydrogens is 454 g/mol. The van der Waals surface area contributed by atoms with Crippen molar-refractivity contribution in [2.45, 2.75) is 50.6 Å². The fourth-order valence-corrected chi connectivity index (χ4v) is 5.94. The number of thiophene rings is 1. The number of ether oxygens (including phenoxy) is 1. The highest BCUT2D eigenvalue weighted by Crippen LogP contribution is 2.36. The van der Waals surface area contributed by atoms with Crippen molar-refractivity contribution in [1.82, 2.24) is 14.8 Å². The average Bonchev–Trinajstić information content (AvgIpc) is 3.32. The second-order valence-corrected chi connectivity index (χ2v) is 9.94. The van der Waals surface area contributed by atoms with E-state index in [2.05, 4.69) is 21.6 Å². The van der Waals surface area contributed by atoms with E-state index in [0.29, 0.717) is 22.3 Å². The summed E-state index contributed by atoms with van der Waals surface area (Å²) in [7, 11) is 1.89. The van der Waals surface area contributed by atoms with Gasteiger partial charge in [-0.25, -0.2) is 0 Å². The Morgan fingerprint density at radius 3 is 2.70 bits per heavy atom. The molecular formula is C24H27N5O2S2. The third kappa shape index (κ3) is 5.40. The molecule has 1 N–H and O–H groups in total. The molecule has 0 saturated heterocycles. The van der Waals surface area contributed by atoms with Gasteiger partial charge >= 0.3 is 0 Å². The molecule has 0 aliphatic heterocycles. The number of benzene rings is 1. The number of hydrogen-bond acceptors (Lipinski definition) is 7. The summed E-state index contributed by atoms with van der Waals surface area (Å²) in [6, 6.07) is 10.0. The van der Waals surface area contributed by atoms with Gasteiger partial charge in [-0.15, -0.1) is 21.5 Å². The molecule has 0 radical (unpaired) electrons. The molecule has 1 aliphatic carbocycles. The highest BCUT2D eigenvalue weighted by atomic mass is 32.2. The van der Waals surface area contributed by atoms with Crippen molar-refractivity contribution in [2.24, 2.45) is 7.05 Å². The van der Waals surface area contributed by atoms with Crippen molar-refractivity contribution in [1.29, 1.82) is 5.26 Å². The normalized spacial score (nSPS) is 13.5. The zero-order valence-corrected chi connectivity index (χ0v) is 20.5. The number of nitriles is 1. The lowest BCUT2D eigenvalue weighted by Crippen LogP contribution is -2.14. The number of carbonyl (C=O) groups is 1. The van der Waals surface area contributed by atoms with E-state index in [4.69, 9.17) is 4.74 Å². The minimum absolute atomic E-state index is 0.142. The molecule has 1 aliphatic rings. The predicted octanol–water partition coefficient (Wildman–Crippen LogP) is 5.20. The van der Waals surface area contributed by atoms with Crippen LogP contribution in [0.25, 0.3) is 11.4 Å². The Morgan fingerprint density at radius 1 is 1.21 bits per heavy atom. The summed E-state index contributed by atoms with van der Waals surface area (Å²) < 4.78 is 7.37. The maximum Gasteiger partial charge on any atom is 0.235 e. The monoisotopic (exact) mass is 481 g/mol. The van der Waals surface area contributed by atoms with Crippen LogP contribution in [-0.2, 0) is 24.7 Å². The Kier molecular flexibility index (Phi) is 7.68. The van der Waals surface area contributed by atoms with Gasteiger partial charge in [-0.3, -0.25) is 4.79 Å². The lowest BCUT2D eigenvalue weighted by atomic mass is 9.97. The molecule has 9 heteroatoms. The number of amides is 1. The van der Waals surface area contributed by atoms with Crippen LogP contribution in [0.1, 0.15) is 48.6 Å². The van der Waals surface area contributed by atoms with Crippen LogP contribution in [0.4, 0.5) is 5.00 Å². The van der Waals surface area contributed by atoms with E-state index in [-0.39, 0.29) is 11.7 Å². The van der Waals surface area contributed by atoms with Crippen LogP contribution in [-0.4, -0.2) is 33.0 Å². The molecule has 33 heavy (non-hydrogen) atoms. The molecule has 3 aromatic rings. The van der Waals surface area contributed by atoms with Gasteiger partial charge in [-0.2, -0.15) is 5.26 Å².